The summed E-state index contributed by atoms with van der Waals surface area (Å²) in [5.41, 5.74) is 0.773. The van der Waals surface area contributed by atoms with E-state index < -0.39 is 17.7 Å². The first kappa shape index (κ1) is 26.8. The van der Waals surface area contributed by atoms with E-state index in [9.17, 15) is 9.59 Å². The Balaban J connectivity index is 0.00000233. The highest BCUT2D eigenvalue weighted by Crippen LogP contribution is 2.32. The number of unbranched alkanes of at least 4 members (excludes halogenated alkanes) is 5. The van der Waals surface area contributed by atoms with E-state index in [-0.39, 0.29) is 10.6 Å². The number of Topliss-reactive ketones (excluding diaryl/α,β-unsaturated/α-hetero) is 1. The fourth-order valence-electron chi connectivity index (χ4n) is 3.24. The monoisotopic (exact) mass is 464 g/mol. The molecule has 0 fully saturated rings. The second-order valence-corrected chi connectivity index (χ2v) is 7.37. The Bertz CT molecular complexity index is 813. The second-order valence-electron chi connectivity index (χ2n) is 6.96. The van der Waals surface area contributed by atoms with Crippen molar-refractivity contribution in [3.63, 3.8) is 0 Å². The molecule has 0 amide bonds. The lowest BCUT2D eigenvalue weighted by molar-refractivity contribution is -0.144. The number of carbonyl (C=O) groups is 2. The zero-order valence-electron chi connectivity index (χ0n) is 18.1. The molecule has 1 atom stereocenters. The highest BCUT2D eigenvalue weighted by molar-refractivity contribution is 7.00. The van der Waals surface area contributed by atoms with E-state index in [2.05, 4.69) is 6.92 Å². The summed E-state index contributed by atoms with van der Waals surface area (Å²) in [6.07, 6.45) is 6.55. The minimum absolute atomic E-state index is 0.196. The molecule has 7 heteroatoms. The SMILES string of the molecule is CCCCCCCCOC(=O)C(C(=O)c1c(Cl)cccc1OC)c1ccccc1.O=P. The average Bonchev–Trinajstić information content (AvgIpc) is 2.80. The normalized spacial score (nSPS) is 11.1. The number of methoxy groups -OCH3 is 1. The van der Waals surface area contributed by atoms with Crippen molar-refractivity contribution in [1.82, 2.24) is 0 Å². The highest BCUT2D eigenvalue weighted by Gasteiger charge is 2.33. The van der Waals surface area contributed by atoms with E-state index in [1.807, 2.05) is 6.07 Å². The molecule has 0 saturated heterocycles. The van der Waals surface area contributed by atoms with Gasteiger partial charge in [-0.2, -0.15) is 0 Å². The van der Waals surface area contributed by atoms with Crippen molar-refractivity contribution < 1.29 is 23.6 Å². The molecular weight excluding hydrogens is 435 g/mol. The van der Waals surface area contributed by atoms with Gasteiger partial charge in [0.2, 0.25) is 0 Å². The van der Waals surface area contributed by atoms with E-state index in [1.54, 1.807) is 51.6 Å². The Morgan fingerprint density at radius 2 is 1.58 bits per heavy atom. The highest BCUT2D eigenvalue weighted by atomic mass is 35.5. The standard InChI is InChI=1S/C24H29ClO4.HOP/c1-3-4-5-6-7-11-17-29-24(27)21(18-13-9-8-10-14-18)23(26)22-19(25)15-12-16-20(22)28-2;1-2/h8-10,12-16,21H,3-7,11,17H2,1-2H3;2H. The Labute approximate surface area is 191 Å². The molecule has 31 heavy (non-hydrogen) atoms. The number of rotatable bonds is 12. The predicted octanol–water partition coefficient (Wildman–Crippen LogP) is 6.69. The lowest BCUT2D eigenvalue weighted by Gasteiger charge is -2.18. The molecule has 0 bridgehead atoms. The van der Waals surface area contributed by atoms with Crippen molar-refractivity contribution in [3.05, 3.63) is 64.7 Å². The molecule has 0 spiro atoms. The van der Waals surface area contributed by atoms with Crippen LogP contribution in [0.4, 0.5) is 0 Å². The average molecular weight is 465 g/mol. The quantitative estimate of drug-likeness (QED) is 0.115. The molecule has 0 aliphatic heterocycles. The van der Waals surface area contributed by atoms with Gasteiger partial charge in [-0.15, -0.1) is 0 Å². The van der Waals surface area contributed by atoms with Gasteiger partial charge >= 0.3 is 5.97 Å². The van der Waals surface area contributed by atoms with Crippen LogP contribution < -0.4 is 4.74 Å². The summed E-state index contributed by atoms with van der Waals surface area (Å²) in [5.74, 6) is -1.72. The van der Waals surface area contributed by atoms with E-state index in [4.69, 9.17) is 25.6 Å². The van der Waals surface area contributed by atoms with Crippen LogP contribution >= 0.6 is 20.7 Å². The van der Waals surface area contributed by atoms with Gasteiger partial charge < -0.3 is 9.47 Å². The molecule has 0 aliphatic carbocycles. The van der Waals surface area contributed by atoms with Gasteiger partial charge in [-0.05, 0) is 24.1 Å². The summed E-state index contributed by atoms with van der Waals surface area (Å²) < 4.78 is 18.8. The fourth-order valence-corrected chi connectivity index (χ4v) is 3.50. The van der Waals surface area contributed by atoms with Crippen molar-refractivity contribution in [2.24, 2.45) is 0 Å². The third-order valence-electron chi connectivity index (χ3n) is 4.81. The number of carbonyl (C=O) groups excluding carboxylic acids is 2. The van der Waals surface area contributed by atoms with Crippen molar-refractivity contribution in [2.45, 2.75) is 51.4 Å². The molecular formula is C24H30ClO5P. The number of halogens is 1. The Morgan fingerprint density at radius 3 is 2.23 bits per heavy atom. The van der Waals surface area contributed by atoms with Crippen LogP contribution in [0.15, 0.2) is 48.5 Å². The summed E-state index contributed by atoms with van der Waals surface area (Å²) in [6.45, 7) is 2.48. The van der Waals surface area contributed by atoms with Crippen LogP contribution in [0.2, 0.25) is 5.02 Å². The van der Waals surface area contributed by atoms with Gasteiger partial charge in [0.25, 0.3) is 0 Å². The minimum atomic E-state index is -1.08. The van der Waals surface area contributed by atoms with Crippen molar-refractivity contribution >= 4 is 32.5 Å². The van der Waals surface area contributed by atoms with Crippen LogP contribution in [0.25, 0.3) is 0 Å². The molecule has 0 radical (unpaired) electrons. The summed E-state index contributed by atoms with van der Waals surface area (Å²) in [7, 11) is 3.19. The largest absolute Gasteiger partial charge is 0.496 e. The first-order valence-electron chi connectivity index (χ1n) is 10.4. The van der Waals surface area contributed by atoms with Gasteiger partial charge in [0, 0.05) is 0 Å². The maximum atomic E-state index is 13.3. The first-order chi connectivity index (χ1) is 15.1. The molecule has 2 rings (SSSR count). The van der Waals surface area contributed by atoms with E-state index >= 15 is 0 Å². The maximum absolute atomic E-state index is 13.3. The molecule has 1 unspecified atom stereocenters. The van der Waals surface area contributed by atoms with E-state index in [0.29, 0.717) is 17.9 Å². The zero-order valence-corrected chi connectivity index (χ0v) is 19.8. The Kier molecular flexibility index (Phi) is 13.4. The predicted molar refractivity (Wildman–Crippen MR) is 125 cm³/mol. The van der Waals surface area contributed by atoms with Gasteiger partial charge in [0.1, 0.15) is 20.8 Å². The topological polar surface area (TPSA) is 69.7 Å². The minimum Gasteiger partial charge on any atom is -0.496 e. The number of hydrogen-bond acceptors (Lipinski definition) is 5. The second kappa shape index (κ2) is 15.6. The lowest BCUT2D eigenvalue weighted by Crippen LogP contribution is -2.25. The van der Waals surface area contributed by atoms with Crippen molar-refractivity contribution in [2.75, 3.05) is 13.7 Å². The Morgan fingerprint density at radius 1 is 0.935 bits per heavy atom. The van der Waals surface area contributed by atoms with Crippen molar-refractivity contribution in [3.8, 4) is 5.75 Å². The third kappa shape index (κ3) is 8.43. The third-order valence-corrected chi connectivity index (χ3v) is 5.13. The molecule has 5 nitrogen and oxygen atoms in total. The van der Waals surface area contributed by atoms with Crippen LogP contribution in [0.3, 0.4) is 0 Å². The van der Waals surface area contributed by atoms with Gasteiger partial charge in [-0.25, -0.2) is 0 Å². The summed E-state index contributed by atoms with van der Waals surface area (Å²) in [5, 5.41) is 0.249. The smallest absolute Gasteiger partial charge is 0.321 e. The number of ether oxygens (including phenoxy) is 2. The molecule has 0 N–H and O–H groups in total. The molecule has 2 aromatic rings. The molecule has 0 heterocycles. The molecule has 168 valence electrons. The van der Waals surface area contributed by atoms with Crippen LogP contribution in [0.1, 0.15) is 67.3 Å². The molecule has 2 aromatic carbocycles. The maximum Gasteiger partial charge on any atom is 0.321 e. The molecule has 0 aromatic heterocycles. The zero-order chi connectivity index (χ0) is 23.1. The summed E-state index contributed by atoms with van der Waals surface area (Å²) in [6, 6.07) is 13.9. The molecule has 0 aliphatic rings. The van der Waals surface area contributed by atoms with E-state index in [0.717, 1.165) is 19.3 Å². The summed E-state index contributed by atoms with van der Waals surface area (Å²) >= 11 is 6.27. The number of hydrogen-bond donors (Lipinski definition) is 0. The Hall–Kier alpha value is -2.23. The number of esters is 1. The van der Waals surface area contributed by atoms with Crippen LogP contribution in [0.5, 0.6) is 5.75 Å². The van der Waals surface area contributed by atoms with Gasteiger partial charge in [0.15, 0.2) is 5.78 Å². The molecule has 0 saturated carbocycles. The van der Waals surface area contributed by atoms with Gasteiger partial charge in [-0.1, -0.05) is 87.0 Å². The van der Waals surface area contributed by atoms with Crippen LogP contribution in [-0.2, 0) is 14.1 Å². The van der Waals surface area contributed by atoms with Gasteiger partial charge in [0.05, 0.1) is 24.3 Å². The number of benzene rings is 2. The van der Waals surface area contributed by atoms with Crippen LogP contribution in [-0.4, -0.2) is 25.5 Å². The van der Waals surface area contributed by atoms with Gasteiger partial charge in [-0.3, -0.25) is 14.2 Å². The summed E-state index contributed by atoms with van der Waals surface area (Å²) in [4.78, 5) is 26.2. The number of ketones is 1. The van der Waals surface area contributed by atoms with Crippen LogP contribution in [0, 0.1) is 0 Å². The lowest BCUT2D eigenvalue weighted by atomic mass is 9.90. The van der Waals surface area contributed by atoms with E-state index in [1.165, 1.54) is 26.4 Å². The van der Waals surface area contributed by atoms with Crippen molar-refractivity contribution in [1.29, 1.82) is 0 Å². The fraction of sp³-hybridized carbons (Fsp3) is 0.417. The first-order valence-corrected chi connectivity index (χ1v) is 11.2.